The van der Waals surface area contributed by atoms with Gasteiger partial charge in [-0.15, -0.1) is 5.10 Å². The number of benzene rings is 3. The average Bonchev–Trinajstić information content (AvgIpc) is 2.78. The van der Waals surface area contributed by atoms with E-state index in [1.165, 1.54) is 11.8 Å². The van der Waals surface area contributed by atoms with Gasteiger partial charge in [0.15, 0.2) is 0 Å². The molecule has 4 aromatic rings. The van der Waals surface area contributed by atoms with Crippen molar-refractivity contribution >= 4 is 34.1 Å². The molecule has 4 rings (SSSR count). The van der Waals surface area contributed by atoms with Gasteiger partial charge in [0.2, 0.25) is 5.91 Å². The van der Waals surface area contributed by atoms with Gasteiger partial charge in [0, 0.05) is 16.5 Å². The van der Waals surface area contributed by atoms with Gasteiger partial charge in [-0.2, -0.15) is 5.10 Å². The zero-order valence-corrected chi connectivity index (χ0v) is 16.4. The molecule has 5 nitrogen and oxygen atoms in total. The van der Waals surface area contributed by atoms with Gasteiger partial charge in [0.05, 0.1) is 11.9 Å². The summed E-state index contributed by atoms with van der Waals surface area (Å²) in [5.74, 6) is 0.921. The lowest BCUT2D eigenvalue weighted by Gasteiger charge is -2.09. The summed E-state index contributed by atoms with van der Waals surface area (Å²) in [6, 6.07) is 25.2. The van der Waals surface area contributed by atoms with E-state index in [9.17, 15) is 4.79 Å². The van der Waals surface area contributed by atoms with Crippen molar-refractivity contribution in [1.82, 2.24) is 10.2 Å². The number of carbonyl (C=O) groups is 1. The summed E-state index contributed by atoms with van der Waals surface area (Å²) in [5.41, 5.74) is 1.84. The minimum absolute atomic E-state index is 0.0947. The van der Waals surface area contributed by atoms with E-state index in [0.717, 1.165) is 32.8 Å². The molecular formula is C23H19N3O2S. The minimum Gasteiger partial charge on any atom is -0.489 e. The molecule has 1 N–H and O–H groups in total. The van der Waals surface area contributed by atoms with Crippen molar-refractivity contribution in [1.29, 1.82) is 0 Å². The second kappa shape index (κ2) is 9.21. The Morgan fingerprint density at radius 1 is 0.931 bits per heavy atom. The van der Waals surface area contributed by atoms with Crippen molar-refractivity contribution in [3.8, 4) is 5.75 Å². The molecule has 144 valence electrons. The van der Waals surface area contributed by atoms with E-state index in [2.05, 4.69) is 15.5 Å². The van der Waals surface area contributed by atoms with Crippen LogP contribution in [-0.4, -0.2) is 21.9 Å². The number of carbonyl (C=O) groups excluding carboxylic acids is 1. The van der Waals surface area contributed by atoms with Crippen molar-refractivity contribution in [2.24, 2.45) is 0 Å². The Kier molecular flexibility index (Phi) is 6.02. The van der Waals surface area contributed by atoms with E-state index in [1.54, 1.807) is 6.20 Å². The van der Waals surface area contributed by atoms with Crippen LogP contribution in [0.25, 0.3) is 10.8 Å². The number of amides is 1. The summed E-state index contributed by atoms with van der Waals surface area (Å²) < 4.78 is 5.77. The minimum atomic E-state index is -0.0947. The molecule has 0 saturated carbocycles. The van der Waals surface area contributed by atoms with Crippen LogP contribution in [0.1, 0.15) is 5.56 Å². The highest BCUT2D eigenvalue weighted by Gasteiger charge is 2.08. The molecule has 0 aliphatic carbocycles. The maximum atomic E-state index is 12.3. The highest BCUT2D eigenvalue weighted by Crippen LogP contribution is 2.25. The number of thioether (sulfide) groups is 1. The second-order valence-electron chi connectivity index (χ2n) is 6.37. The number of nitrogens with zero attached hydrogens (tertiary/aromatic N) is 2. The van der Waals surface area contributed by atoms with Gasteiger partial charge in [-0.05, 0) is 29.8 Å². The Bertz CT molecular complexity index is 1100. The lowest BCUT2D eigenvalue weighted by molar-refractivity contribution is -0.113. The van der Waals surface area contributed by atoms with Gasteiger partial charge in [0.1, 0.15) is 17.4 Å². The van der Waals surface area contributed by atoms with Gasteiger partial charge in [-0.3, -0.25) is 4.79 Å². The summed E-state index contributed by atoms with van der Waals surface area (Å²) in [4.78, 5) is 12.3. The normalized spacial score (nSPS) is 10.6. The number of anilines is 1. The summed E-state index contributed by atoms with van der Waals surface area (Å²) in [7, 11) is 0. The van der Waals surface area contributed by atoms with Crippen molar-refractivity contribution in [3.63, 3.8) is 0 Å². The maximum Gasteiger partial charge on any atom is 0.234 e. The summed E-state index contributed by atoms with van der Waals surface area (Å²) >= 11 is 1.38. The van der Waals surface area contributed by atoms with Crippen molar-refractivity contribution in [3.05, 3.63) is 90.6 Å². The number of hydrogen-bond acceptors (Lipinski definition) is 5. The first-order valence-electron chi connectivity index (χ1n) is 9.18. The third-order valence-corrected chi connectivity index (χ3v) is 5.24. The fourth-order valence-corrected chi connectivity index (χ4v) is 3.60. The lowest BCUT2D eigenvalue weighted by atomic mass is 10.2. The Labute approximate surface area is 173 Å². The Morgan fingerprint density at radius 2 is 1.69 bits per heavy atom. The topological polar surface area (TPSA) is 64.1 Å². The molecule has 0 radical (unpaired) electrons. The molecule has 0 aliphatic heterocycles. The molecule has 0 saturated heterocycles. The quantitative estimate of drug-likeness (QED) is 0.445. The van der Waals surface area contributed by atoms with E-state index in [-0.39, 0.29) is 11.7 Å². The van der Waals surface area contributed by atoms with Gasteiger partial charge < -0.3 is 10.1 Å². The molecule has 1 heterocycles. The van der Waals surface area contributed by atoms with Crippen LogP contribution in [0, 0.1) is 0 Å². The number of rotatable bonds is 7. The third-order valence-electron chi connectivity index (χ3n) is 4.26. The predicted octanol–water partition coefficient (Wildman–Crippen LogP) is 4.94. The fraction of sp³-hybridized carbons (Fsp3) is 0.0870. The summed E-state index contributed by atoms with van der Waals surface area (Å²) in [6.07, 6.45) is 1.72. The van der Waals surface area contributed by atoms with Crippen LogP contribution < -0.4 is 10.1 Å². The molecule has 1 amide bonds. The van der Waals surface area contributed by atoms with Gasteiger partial charge >= 0.3 is 0 Å². The first-order valence-corrected chi connectivity index (χ1v) is 10.2. The van der Waals surface area contributed by atoms with Crippen LogP contribution in [0.15, 0.2) is 90.1 Å². The average molecular weight is 401 g/mol. The molecule has 0 spiro atoms. The van der Waals surface area contributed by atoms with Gasteiger partial charge in [-0.1, -0.05) is 66.4 Å². The standard InChI is InChI=1S/C23H19N3O2S/c27-22(16-29-23-21-9-5-4-8-18(21)14-24-26-23)25-19-10-12-20(13-11-19)28-15-17-6-2-1-3-7-17/h1-14H,15-16H2,(H,25,27). The lowest BCUT2D eigenvalue weighted by Crippen LogP contribution is -2.14. The number of ether oxygens (including phenoxy) is 1. The van der Waals surface area contributed by atoms with E-state index in [4.69, 9.17) is 4.74 Å². The van der Waals surface area contributed by atoms with Crippen molar-refractivity contribution in [2.45, 2.75) is 11.6 Å². The largest absolute Gasteiger partial charge is 0.489 e. The maximum absolute atomic E-state index is 12.3. The van der Waals surface area contributed by atoms with Gasteiger partial charge in [0.25, 0.3) is 0 Å². The number of nitrogens with one attached hydrogen (secondary N) is 1. The molecular weight excluding hydrogens is 382 g/mol. The fourth-order valence-electron chi connectivity index (χ4n) is 2.81. The molecule has 1 aromatic heterocycles. The Balaban J connectivity index is 1.30. The van der Waals surface area contributed by atoms with Crippen LogP contribution in [0.4, 0.5) is 5.69 Å². The molecule has 0 fully saturated rings. The molecule has 3 aromatic carbocycles. The molecule has 0 aliphatic rings. The van der Waals surface area contributed by atoms with Crippen LogP contribution >= 0.6 is 11.8 Å². The Hall–Kier alpha value is -3.38. The van der Waals surface area contributed by atoms with E-state index < -0.39 is 0 Å². The molecule has 29 heavy (non-hydrogen) atoms. The second-order valence-corrected chi connectivity index (χ2v) is 7.34. The summed E-state index contributed by atoms with van der Waals surface area (Å²) in [6.45, 7) is 0.509. The molecule has 6 heteroatoms. The van der Waals surface area contributed by atoms with E-state index in [0.29, 0.717) is 6.61 Å². The molecule has 0 atom stereocenters. The molecule has 0 unspecified atom stereocenters. The Morgan fingerprint density at radius 3 is 2.52 bits per heavy atom. The van der Waals surface area contributed by atoms with Crippen molar-refractivity contribution in [2.75, 3.05) is 11.1 Å². The molecule has 0 bridgehead atoms. The predicted molar refractivity (Wildman–Crippen MR) is 116 cm³/mol. The smallest absolute Gasteiger partial charge is 0.234 e. The zero-order chi connectivity index (χ0) is 19.9. The SMILES string of the molecule is O=C(CSc1nncc2ccccc12)Nc1ccc(OCc2ccccc2)cc1. The van der Waals surface area contributed by atoms with Crippen LogP contribution in [0.5, 0.6) is 5.75 Å². The van der Waals surface area contributed by atoms with Gasteiger partial charge in [-0.25, -0.2) is 0 Å². The first-order chi connectivity index (χ1) is 14.3. The number of fused-ring (bicyclic) bond motifs is 1. The van der Waals surface area contributed by atoms with E-state index >= 15 is 0 Å². The van der Waals surface area contributed by atoms with Crippen LogP contribution in [0.2, 0.25) is 0 Å². The highest BCUT2D eigenvalue weighted by atomic mass is 32.2. The third kappa shape index (κ3) is 5.12. The first kappa shape index (κ1) is 19.0. The highest BCUT2D eigenvalue weighted by molar-refractivity contribution is 8.00. The number of hydrogen-bond donors (Lipinski definition) is 1. The summed E-state index contributed by atoms with van der Waals surface area (Å²) in [5, 5.41) is 13.8. The number of aromatic nitrogens is 2. The monoisotopic (exact) mass is 401 g/mol. The zero-order valence-electron chi connectivity index (χ0n) is 15.6. The van der Waals surface area contributed by atoms with E-state index in [1.807, 2.05) is 78.9 Å². The van der Waals surface area contributed by atoms with Crippen molar-refractivity contribution < 1.29 is 9.53 Å². The van der Waals surface area contributed by atoms with Crippen LogP contribution in [0.3, 0.4) is 0 Å². The van der Waals surface area contributed by atoms with Crippen LogP contribution in [-0.2, 0) is 11.4 Å².